The Hall–Kier alpha value is -0.680. The van der Waals surface area contributed by atoms with Gasteiger partial charge < -0.3 is 20.6 Å². The third kappa shape index (κ3) is 4.06. The SMILES string of the molecule is CCCC/C=C/CC(N)(C(=O)O)P(=O)(O)O. The molecule has 0 aromatic heterocycles. The predicted octanol–water partition coefficient (Wildman–Crippen LogP) is 1.04. The number of hydrogen-bond donors (Lipinski definition) is 4. The van der Waals surface area contributed by atoms with Gasteiger partial charge in [-0.1, -0.05) is 31.9 Å². The number of nitrogens with two attached hydrogens (primary N) is 1. The second-order valence-electron chi connectivity index (χ2n) is 3.59. The lowest BCUT2D eigenvalue weighted by molar-refractivity contribution is -0.140. The number of hydrogen-bond acceptors (Lipinski definition) is 3. The van der Waals surface area contributed by atoms with Gasteiger partial charge in [0.1, 0.15) is 0 Å². The summed E-state index contributed by atoms with van der Waals surface area (Å²) in [5.74, 6) is -1.69. The molecule has 0 fully saturated rings. The monoisotopic (exact) mass is 251 g/mol. The minimum Gasteiger partial charge on any atom is -0.479 e. The van der Waals surface area contributed by atoms with Crippen LogP contribution in [0.2, 0.25) is 0 Å². The van der Waals surface area contributed by atoms with Crippen molar-refractivity contribution in [3.63, 3.8) is 0 Å². The van der Waals surface area contributed by atoms with Crippen LogP contribution in [-0.4, -0.2) is 26.1 Å². The molecule has 16 heavy (non-hydrogen) atoms. The van der Waals surface area contributed by atoms with Gasteiger partial charge in [-0.25, -0.2) is 4.79 Å². The van der Waals surface area contributed by atoms with Gasteiger partial charge in [-0.2, -0.15) is 0 Å². The highest BCUT2D eigenvalue weighted by Gasteiger charge is 2.49. The fourth-order valence-corrected chi connectivity index (χ4v) is 1.63. The maximum Gasteiger partial charge on any atom is 0.357 e. The summed E-state index contributed by atoms with van der Waals surface area (Å²) >= 11 is 0. The van der Waals surface area contributed by atoms with Crippen LogP contribution in [0.5, 0.6) is 0 Å². The fraction of sp³-hybridized carbons (Fsp3) is 0.667. The van der Waals surface area contributed by atoms with Crippen LogP contribution in [0.1, 0.15) is 32.6 Å². The van der Waals surface area contributed by atoms with Gasteiger partial charge in [0.15, 0.2) is 0 Å². The highest BCUT2D eigenvalue weighted by molar-refractivity contribution is 7.54. The van der Waals surface area contributed by atoms with Crippen LogP contribution < -0.4 is 5.73 Å². The van der Waals surface area contributed by atoms with E-state index in [1.807, 2.05) is 6.92 Å². The summed E-state index contributed by atoms with van der Waals surface area (Å²) in [6.45, 7) is 2.01. The van der Waals surface area contributed by atoms with E-state index in [0.717, 1.165) is 19.3 Å². The molecule has 0 spiro atoms. The predicted molar refractivity (Wildman–Crippen MR) is 59.9 cm³/mol. The van der Waals surface area contributed by atoms with Gasteiger partial charge in [-0.15, -0.1) is 0 Å². The lowest BCUT2D eigenvalue weighted by Gasteiger charge is -2.23. The van der Waals surface area contributed by atoms with E-state index in [-0.39, 0.29) is 6.42 Å². The van der Waals surface area contributed by atoms with Crippen molar-refractivity contribution in [1.29, 1.82) is 0 Å². The Balaban J connectivity index is 4.55. The van der Waals surface area contributed by atoms with Crippen molar-refractivity contribution >= 4 is 13.6 Å². The molecule has 0 aromatic rings. The third-order valence-corrected chi connectivity index (χ3v) is 3.62. The summed E-state index contributed by atoms with van der Waals surface area (Å²) in [7, 11) is -4.87. The summed E-state index contributed by atoms with van der Waals surface area (Å²) in [5.41, 5.74) is 5.22. The molecule has 1 atom stereocenters. The number of aliphatic carboxylic acids is 1. The number of carboxylic acids is 1. The average Bonchev–Trinajstić information content (AvgIpc) is 2.15. The average molecular weight is 251 g/mol. The van der Waals surface area contributed by atoms with E-state index in [1.54, 1.807) is 6.08 Å². The molecular formula is C9H18NO5P. The summed E-state index contributed by atoms with van der Waals surface area (Å²) in [4.78, 5) is 28.5. The summed E-state index contributed by atoms with van der Waals surface area (Å²) < 4.78 is 11.0. The zero-order valence-corrected chi connectivity index (χ0v) is 10.1. The van der Waals surface area contributed by atoms with E-state index < -0.39 is 18.8 Å². The maximum atomic E-state index is 11.0. The number of carbonyl (C=O) groups is 1. The van der Waals surface area contributed by atoms with Crippen LogP contribution in [-0.2, 0) is 9.36 Å². The normalized spacial score (nSPS) is 16.2. The van der Waals surface area contributed by atoms with Crippen LogP contribution in [0.3, 0.4) is 0 Å². The van der Waals surface area contributed by atoms with E-state index in [4.69, 9.17) is 20.6 Å². The standard InChI is InChI=1S/C9H18NO5P/c1-2-3-4-5-6-7-9(10,8(11)12)16(13,14)15/h5-6H,2-4,7,10H2,1H3,(H,11,12)(H2,13,14,15)/b6-5+. The molecule has 94 valence electrons. The highest BCUT2D eigenvalue weighted by Crippen LogP contribution is 2.49. The van der Waals surface area contributed by atoms with Gasteiger partial charge in [0, 0.05) is 6.42 Å². The Bertz CT molecular complexity index is 311. The second kappa shape index (κ2) is 6.15. The fourth-order valence-electron chi connectivity index (χ4n) is 1.03. The first kappa shape index (κ1) is 15.3. The van der Waals surface area contributed by atoms with Gasteiger partial charge in [0.2, 0.25) is 5.28 Å². The molecule has 0 aromatic carbocycles. The Morgan fingerprint density at radius 3 is 2.38 bits per heavy atom. The van der Waals surface area contributed by atoms with Crippen LogP contribution >= 0.6 is 7.60 Å². The van der Waals surface area contributed by atoms with Gasteiger partial charge in [0.25, 0.3) is 0 Å². The lowest BCUT2D eigenvalue weighted by atomic mass is 10.1. The van der Waals surface area contributed by atoms with Crippen LogP contribution in [0.15, 0.2) is 12.2 Å². The first-order valence-corrected chi connectivity index (χ1v) is 6.60. The van der Waals surface area contributed by atoms with Crippen LogP contribution in [0.4, 0.5) is 0 Å². The molecule has 5 N–H and O–H groups in total. The van der Waals surface area contributed by atoms with Gasteiger partial charge >= 0.3 is 13.6 Å². The van der Waals surface area contributed by atoms with Crippen molar-refractivity contribution in [3.05, 3.63) is 12.2 Å². The molecule has 7 heteroatoms. The van der Waals surface area contributed by atoms with Gasteiger partial charge in [-0.05, 0) is 6.42 Å². The Kier molecular flexibility index (Phi) is 5.89. The van der Waals surface area contributed by atoms with Gasteiger partial charge in [0.05, 0.1) is 0 Å². The molecule has 0 bridgehead atoms. The molecule has 0 radical (unpaired) electrons. The lowest BCUT2D eigenvalue weighted by Crippen LogP contribution is -2.47. The third-order valence-electron chi connectivity index (χ3n) is 2.21. The number of rotatable bonds is 7. The van der Waals surface area contributed by atoms with Crippen molar-refractivity contribution in [2.24, 2.45) is 5.73 Å². The molecule has 0 aliphatic carbocycles. The molecule has 0 rings (SSSR count). The van der Waals surface area contributed by atoms with Crippen molar-refractivity contribution in [2.75, 3.05) is 0 Å². The molecule has 6 nitrogen and oxygen atoms in total. The number of allylic oxidation sites excluding steroid dienone is 1. The molecule has 0 saturated heterocycles. The largest absolute Gasteiger partial charge is 0.479 e. The number of unbranched alkanes of at least 4 members (excludes halogenated alkanes) is 2. The first-order chi connectivity index (χ1) is 7.25. The zero-order chi connectivity index (χ0) is 12.8. The van der Waals surface area contributed by atoms with E-state index in [1.165, 1.54) is 6.08 Å². The molecular weight excluding hydrogens is 233 g/mol. The van der Waals surface area contributed by atoms with Crippen LogP contribution in [0, 0.1) is 0 Å². The first-order valence-electron chi connectivity index (χ1n) is 4.98. The smallest absolute Gasteiger partial charge is 0.357 e. The second-order valence-corrected chi connectivity index (χ2v) is 5.48. The minimum atomic E-state index is -4.87. The summed E-state index contributed by atoms with van der Waals surface area (Å²) in [5, 5.41) is 6.20. The van der Waals surface area contributed by atoms with Crippen molar-refractivity contribution in [1.82, 2.24) is 0 Å². The van der Waals surface area contributed by atoms with Crippen molar-refractivity contribution < 1.29 is 24.3 Å². The van der Waals surface area contributed by atoms with Crippen molar-refractivity contribution in [3.8, 4) is 0 Å². The zero-order valence-electron chi connectivity index (χ0n) is 9.17. The van der Waals surface area contributed by atoms with Crippen LogP contribution in [0.25, 0.3) is 0 Å². The maximum absolute atomic E-state index is 11.0. The molecule has 0 amide bonds. The topological polar surface area (TPSA) is 121 Å². The van der Waals surface area contributed by atoms with E-state index in [0.29, 0.717) is 0 Å². The molecule has 1 unspecified atom stereocenters. The number of carboxylic acid groups (broad SMARTS) is 1. The molecule has 0 heterocycles. The highest BCUT2D eigenvalue weighted by atomic mass is 31.2. The molecule has 0 aliphatic heterocycles. The molecule has 0 saturated carbocycles. The van der Waals surface area contributed by atoms with E-state index in [9.17, 15) is 9.36 Å². The Labute approximate surface area is 94.3 Å². The van der Waals surface area contributed by atoms with E-state index in [2.05, 4.69) is 0 Å². The minimum absolute atomic E-state index is 0.379. The Morgan fingerprint density at radius 2 is 2.00 bits per heavy atom. The quantitative estimate of drug-likeness (QED) is 0.305. The summed E-state index contributed by atoms with van der Waals surface area (Å²) in [6.07, 6.45) is 5.39. The Morgan fingerprint density at radius 1 is 1.44 bits per heavy atom. The van der Waals surface area contributed by atoms with Crippen molar-refractivity contribution in [2.45, 2.75) is 37.9 Å². The van der Waals surface area contributed by atoms with Gasteiger partial charge in [-0.3, -0.25) is 4.57 Å². The van der Waals surface area contributed by atoms with E-state index >= 15 is 0 Å². The molecule has 0 aliphatic rings. The summed E-state index contributed by atoms with van der Waals surface area (Å²) in [6, 6.07) is 0.